The molecule has 10 heteroatoms. The number of fused-ring (bicyclic) bond motifs is 2. The van der Waals surface area contributed by atoms with Crippen LogP contribution in [0.15, 0.2) is 129 Å². The Bertz CT molecular complexity index is 3890. The molecule has 574 valence electrons. The molecular formula is C96H134N4O6. The number of ether oxygens (including phenoxy) is 2. The number of hydrogen-bond acceptors (Lipinski definition) is 8. The van der Waals surface area contributed by atoms with Crippen molar-refractivity contribution in [3.63, 3.8) is 0 Å². The van der Waals surface area contributed by atoms with Crippen molar-refractivity contribution in [3.8, 4) is 45.3 Å². The van der Waals surface area contributed by atoms with Gasteiger partial charge in [0.05, 0.1) is 13.2 Å². The molecule has 6 aromatic carbocycles. The number of phenols is 2. The fraction of sp³-hybridized carbons (Fsp3) is 0.542. The monoisotopic (exact) mass is 1440 g/mol. The highest BCUT2D eigenvalue weighted by Crippen LogP contribution is 2.43. The Balaban J connectivity index is 1.27. The second-order valence-electron chi connectivity index (χ2n) is 32.5. The van der Waals surface area contributed by atoms with Crippen LogP contribution in [0.1, 0.15) is 343 Å². The first-order valence-electron chi connectivity index (χ1n) is 41.9. The van der Waals surface area contributed by atoms with Gasteiger partial charge in [-0.2, -0.15) is 0 Å². The minimum absolute atomic E-state index is 0.00154. The molecule has 0 saturated carbocycles. The molecular weight excluding hydrogens is 1310 g/mol. The second-order valence-corrected chi connectivity index (χ2v) is 32.5. The summed E-state index contributed by atoms with van der Waals surface area (Å²) in [5.41, 5.74) is 12.9. The number of rotatable bonds is 47. The van der Waals surface area contributed by atoms with Crippen LogP contribution in [0, 0.1) is 0 Å². The van der Waals surface area contributed by atoms with E-state index in [1.165, 1.54) is 101 Å². The van der Waals surface area contributed by atoms with E-state index in [1.807, 2.05) is 48.8 Å². The van der Waals surface area contributed by atoms with Crippen LogP contribution in [0.3, 0.4) is 0 Å². The van der Waals surface area contributed by atoms with Gasteiger partial charge in [0.2, 0.25) is 0 Å². The molecule has 0 unspecified atom stereocenters. The molecule has 0 spiro atoms. The van der Waals surface area contributed by atoms with Crippen LogP contribution in [-0.2, 0) is 36.5 Å². The van der Waals surface area contributed by atoms with Gasteiger partial charge in [0.25, 0.3) is 11.1 Å². The molecule has 106 heavy (non-hydrogen) atoms. The fourth-order valence-corrected chi connectivity index (χ4v) is 15.2. The molecule has 0 amide bonds. The van der Waals surface area contributed by atoms with Crippen LogP contribution in [-0.4, -0.2) is 45.8 Å². The molecule has 2 aromatic heterocycles. The Kier molecular flexibility index (Phi) is 34.3. The zero-order valence-electron chi connectivity index (χ0n) is 67.6. The van der Waals surface area contributed by atoms with Gasteiger partial charge >= 0.3 is 0 Å². The third-order valence-corrected chi connectivity index (χ3v) is 21.7. The molecule has 8 rings (SSSR count). The number of nitrogens with zero attached hydrogens (tertiary/aromatic N) is 2. The van der Waals surface area contributed by atoms with Gasteiger partial charge in [-0.05, 0) is 180 Å². The number of unbranched alkanes of at least 4 members (excludes halogenated alkanes) is 24. The summed E-state index contributed by atoms with van der Waals surface area (Å²) in [5, 5.41) is 27.5. The Hall–Kier alpha value is -7.72. The Labute approximate surface area is 638 Å². The van der Waals surface area contributed by atoms with Crippen LogP contribution < -0.4 is 20.6 Å². The Morgan fingerprint density at radius 2 is 0.660 bits per heavy atom. The summed E-state index contributed by atoms with van der Waals surface area (Å²) in [4.78, 5) is 46.4. The number of nitrogens with one attached hydrogen (secondary N) is 2. The number of pyridine rings is 2. The molecule has 8 aromatic rings. The molecule has 0 aliphatic rings. The van der Waals surface area contributed by atoms with E-state index in [0.717, 1.165) is 217 Å². The summed E-state index contributed by atoms with van der Waals surface area (Å²) in [6.07, 6.45) is 41.7. The van der Waals surface area contributed by atoms with E-state index in [1.54, 1.807) is 0 Å². The van der Waals surface area contributed by atoms with E-state index >= 15 is 0 Å². The summed E-state index contributed by atoms with van der Waals surface area (Å²) in [6.45, 7) is 27.4. The summed E-state index contributed by atoms with van der Waals surface area (Å²) >= 11 is 0. The maximum Gasteiger partial charge on any atom is 0.251 e. The minimum atomic E-state index is -0.677. The standard InChI is InChI=1S/C96H134N4O6/c1-13-19-25-29-31-33-35-41-59-105-77-53-47-69(48-54-77)89(97-67-75-61-73(63-85(91(75)101)95(7,8)9)71-51-57-81-79(43-39-27-21-15-3)83(45-37-23-17-5)93(103)99-87(81)65-71)90(70-49-55-78(56-50-70)106-60-42-36-34-32-30-26-20-14-2)98-68-76-62-74(64-86(92(76)102)96(10,11)12)72-52-58-82-80(44-40-28-22-16-4)84(46-38-24-18-6)94(104)100-88(82)66-72/h47-58,61-68,89-90,101-102H,13-46,59-60H2,1-12H3,(H,99,103)(H,100,104)/t89-,90-/m1/s1. The summed E-state index contributed by atoms with van der Waals surface area (Å²) < 4.78 is 12.9. The van der Waals surface area contributed by atoms with Crippen LogP contribution in [0.4, 0.5) is 0 Å². The van der Waals surface area contributed by atoms with E-state index in [2.05, 4.69) is 166 Å². The Morgan fingerprint density at radius 1 is 0.358 bits per heavy atom. The van der Waals surface area contributed by atoms with E-state index in [9.17, 15) is 19.8 Å². The molecule has 0 bridgehead atoms. The molecule has 0 radical (unpaired) electrons. The van der Waals surface area contributed by atoms with Crippen molar-refractivity contribution in [1.82, 2.24) is 9.97 Å². The number of aryl methyl sites for hydroxylation is 2. The summed E-state index contributed by atoms with van der Waals surface area (Å²) in [5.74, 6) is 1.86. The highest BCUT2D eigenvalue weighted by atomic mass is 16.5. The predicted molar refractivity (Wildman–Crippen MR) is 453 cm³/mol. The quantitative estimate of drug-likeness (QED) is 0.0220. The van der Waals surface area contributed by atoms with Crippen molar-refractivity contribution in [2.45, 2.75) is 324 Å². The van der Waals surface area contributed by atoms with Gasteiger partial charge in [0.1, 0.15) is 35.1 Å². The van der Waals surface area contributed by atoms with Gasteiger partial charge in [-0.25, -0.2) is 0 Å². The molecule has 0 saturated heterocycles. The van der Waals surface area contributed by atoms with E-state index in [4.69, 9.17) is 19.5 Å². The first-order chi connectivity index (χ1) is 51.3. The van der Waals surface area contributed by atoms with Gasteiger partial charge in [-0.3, -0.25) is 19.6 Å². The van der Waals surface area contributed by atoms with E-state index < -0.39 is 22.9 Å². The van der Waals surface area contributed by atoms with Crippen molar-refractivity contribution >= 4 is 34.2 Å². The lowest BCUT2D eigenvalue weighted by Crippen LogP contribution is -2.17. The van der Waals surface area contributed by atoms with Gasteiger partial charge in [-0.1, -0.05) is 286 Å². The van der Waals surface area contributed by atoms with Crippen LogP contribution in [0.5, 0.6) is 23.0 Å². The van der Waals surface area contributed by atoms with Gasteiger partial charge < -0.3 is 29.7 Å². The average Bonchev–Trinajstić information content (AvgIpc) is 0.770. The lowest BCUT2D eigenvalue weighted by atomic mass is 9.83. The van der Waals surface area contributed by atoms with Crippen molar-refractivity contribution in [1.29, 1.82) is 0 Å². The number of aromatic nitrogens is 2. The zero-order chi connectivity index (χ0) is 75.9. The normalized spacial score (nSPS) is 12.8. The zero-order valence-corrected chi connectivity index (χ0v) is 67.6. The molecule has 2 heterocycles. The smallest absolute Gasteiger partial charge is 0.251 e. The fourth-order valence-electron chi connectivity index (χ4n) is 15.2. The predicted octanol–water partition coefficient (Wildman–Crippen LogP) is 26.5. The topological polar surface area (TPSA) is 149 Å². The van der Waals surface area contributed by atoms with E-state index in [0.29, 0.717) is 24.3 Å². The molecule has 0 aliphatic carbocycles. The number of benzene rings is 6. The van der Waals surface area contributed by atoms with Gasteiger partial charge in [0.15, 0.2) is 0 Å². The lowest BCUT2D eigenvalue weighted by Gasteiger charge is -2.25. The van der Waals surface area contributed by atoms with Crippen LogP contribution in [0.2, 0.25) is 0 Å². The van der Waals surface area contributed by atoms with Crippen molar-refractivity contribution < 1.29 is 19.7 Å². The molecule has 2 atom stereocenters. The van der Waals surface area contributed by atoms with Crippen molar-refractivity contribution in [2.75, 3.05) is 13.2 Å². The van der Waals surface area contributed by atoms with Gasteiger partial charge in [-0.15, -0.1) is 0 Å². The van der Waals surface area contributed by atoms with Crippen LogP contribution in [0.25, 0.3) is 44.1 Å². The Morgan fingerprint density at radius 3 is 1.00 bits per heavy atom. The largest absolute Gasteiger partial charge is 0.507 e. The highest BCUT2D eigenvalue weighted by Gasteiger charge is 2.28. The first kappa shape index (κ1) is 83.9. The van der Waals surface area contributed by atoms with Crippen molar-refractivity contribution in [3.05, 3.63) is 186 Å². The SMILES string of the molecule is CCCCCCCCCCOc1ccc([C@@H](N=Cc2cc(-c3ccc4c(CCCCCC)c(CCCCC)c(=O)[nH]c4c3)cc(C(C)(C)C)c2O)[C@H](N=Cc2cc(-c3ccc4c(CCCCCC)c(CCCCC)c(=O)[nH]c4c3)cc(C(C)(C)C)c2O)c2ccc(OCCCCCCCCCC)cc2)cc1. The third kappa shape index (κ3) is 24.7. The first-order valence-corrected chi connectivity index (χ1v) is 41.9. The number of aliphatic imine (C=N–C) groups is 2. The molecule has 4 N–H and O–H groups in total. The number of aromatic amines is 2. The molecule has 0 aliphatic heterocycles. The average molecular weight is 1440 g/mol. The maximum atomic E-state index is 14.2. The number of aromatic hydroxyl groups is 2. The number of H-pyrrole nitrogens is 2. The summed E-state index contributed by atoms with van der Waals surface area (Å²) in [6, 6.07) is 36.4. The minimum Gasteiger partial charge on any atom is -0.507 e. The molecule has 0 fully saturated rings. The third-order valence-electron chi connectivity index (χ3n) is 21.7. The van der Waals surface area contributed by atoms with E-state index in [-0.39, 0.29) is 22.6 Å². The van der Waals surface area contributed by atoms with Gasteiger partial charge in [0, 0.05) is 67.6 Å². The van der Waals surface area contributed by atoms with Crippen LogP contribution >= 0.6 is 0 Å². The second kappa shape index (κ2) is 43.3. The number of phenolic OH excluding ortho intramolecular Hbond substituents is 2. The highest BCUT2D eigenvalue weighted by molar-refractivity contribution is 5.93. The number of hydrogen-bond donors (Lipinski definition) is 4. The maximum absolute atomic E-state index is 14.2. The molecule has 10 nitrogen and oxygen atoms in total. The summed E-state index contributed by atoms with van der Waals surface area (Å²) in [7, 11) is 0. The van der Waals surface area contributed by atoms with Crippen molar-refractivity contribution in [2.24, 2.45) is 9.98 Å². The lowest BCUT2D eigenvalue weighted by molar-refractivity contribution is 0.304.